The molecule has 0 fully saturated rings. The highest BCUT2D eigenvalue weighted by molar-refractivity contribution is 9.10. The summed E-state index contributed by atoms with van der Waals surface area (Å²) in [7, 11) is 1.73. The Morgan fingerprint density at radius 1 is 1.57 bits per heavy atom. The van der Waals surface area contributed by atoms with E-state index in [1.54, 1.807) is 11.9 Å². The third-order valence-electron chi connectivity index (χ3n) is 2.04. The summed E-state index contributed by atoms with van der Waals surface area (Å²) in [4.78, 5) is 12.9. The van der Waals surface area contributed by atoms with Crippen LogP contribution in [-0.2, 0) is 4.79 Å². The smallest absolute Gasteiger partial charge is 0.250 e. The van der Waals surface area contributed by atoms with Gasteiger partial charge in [-0.25, -0.2) is 0 Å². The predicted octanol–water partition coefficient (Wildman–Crippen LogP) is 2.91. The number of rotatable bonds is 2. The summed E-state index contributed by atoms with van der Waals surface area (Å²) >= 11 is 3.37. The molecule has 0 aromatic heterocycles. The van der Waals surface area contributed by atoms with Crippen molar-refractivity contribution in [3.63, 3.8) is 0 Å². The van der Waals surface area contributed by atoms with Gasteiger partial charge >= 0.3 is 0 Å². The van der Waals surface area contributed by atoms with Gasteiger partial charge in [0.1, 0.15) is 0 Å². The molecule has 0 heterocycles. The monoisotopic (exact) mass is 253 g/mol. The Morgan fingerprint density at radius 2 is 2.21 bits per heavy atom. The highest BCUT2D eigenvalue weighted by Crippen LogP contribution is 2.23. The van der Waals surface area contributed by atoms with E-state index in [1.807, 2.05) is 25.1 Å². The van der Waals surface area contributed by atoms with Crippen molar-refractivity contribution in [1.29, 1.82) is 0 Å². The number of anilines is 1. The van der Waals surface area contributed by atoms with Crippen LogP contribution in [0.5, 0.6) is 0 Å². The van der Waals surface area contributed by atoms with Crippen molar-refractivity contribution < 1.29 is 4.79 Å². The van der Waals surface area contributed by atoms with Crippen molar-refractivity contribution in [2.24, 2.45) is 0 Å². The van der Waals surface area contributed by atoms with Crippen LogP contribution in [0.3, 0.4) is 0 Å². The minimum atomic E-state index is -0.105. The molecule has 3 heteroatoms. The van der Waals surface area contributed by atoms with Gasteiger partial charge in [-0.3, -0.25) is 4.79 Å². The molecule has 0 saturated carbocycles. The van der Waals surface area contributed by atoms with E-state index in [1.165, 1.54) is 6.08 Å². The van der Waals surface area contributed by atoms with E-state index < -0.39 is 0 Å². The molecule has 0 aliphatic carbocycles. The van der Waals surface area contributed by atoms with Crippen LogP contribution in [0.4, 0.5) is 5.69 Å². The number of likely N-dealkylation sites (N-methyl/N-ethyl adjacent to an activating group) is 1. The first-order valence-electron chi connectivity index (χ1n) is 4.22. The zero-order valence-electron chi connectivity index (χ0n) is 8.25. The highest BCUT2D eigenvalue weighted by atomic mass is 79.9. The molecule has 0 unspecified atom stereocenters. The molecule has 1 aromatic rings. The lowest BCUT2D eigenvalue weighted by atomic mass is 10.2. The van der Waals surface area contributed by atoms with Crippen LogP contribution >= 0.6 is 15.9 Å². The van der Waals surface area contributed by atoms with Gasteiger partial charge in [0.25, 0.3) is 0 Å². The van der Waals surface area contributed by atoms with Crippen molar-refractivity contribution in [3.05, 3.63) is 40.9 Å². The molecule has 0 aliphatic heterocycles. The molecule has 74 valence electrons. The quantitative estimate of drug-likeness (QED) is 0.743. The molecule has 1 rings (SSSR count). The fraction of sp³-hybridized carbons (Fsp3) is 0.182. The van der Waals surface area contributed by atoms with Gasteiger partial charge in [0.05, 0.1) is 0 Å². The van der Waals surface area contributed by atoms with Crippen molar-refractivity contribution in [3.8, 4) is 0 Å². The Balaban J connectivity index is 3.11. The summed E-state index contributed by atoms with van der Waals surface area (Å²) < 4.78 is 0.960. The van der Waals surface area contributed by atoms with Gasteiger partial charge in [-0.05, 0) is 30.7 Å². The molecule has 0 bridgehead atoms. The number of carbonyl (C=O) groups excluding carboxylic acids is 1. The molecule has 2 nitrogen and oxygen atoms in total. The molecular weight excluding hydrogens is 242 g/mol. The third-order valence-corrected chi connectivity index (χ3v) is 2.53. The number of hydrogen-bond donors (Lipinski definition) is 0. The molecule has 0 spiro atoms. The second-order valence-corrected chi connectivity index (χ2v) is 3.95. The molecule has 0 atom stereocenters. The van der Waals surface area contributed by atoms with E-state index in [4.69, 9.17) is 0 Å². The minimum Gasteiger partial charge on any atom is -0.312 e. The Kier molecular flexibility index (Phi) is 3.47. The van der Waals surface area contributed by atoms with E-state index in [0.29, 0.717) is 0 Å². The zero-order chi connectivity index (χ0) is 10.7. The summed E-state index contributed by atoms with van der Waals surface area (Å²) in [5.41, 5.74) is 1.95. The van der Waals surface area contributed by atoms with Crippen molar-refractivity contribution in [1.82, 2.24) is 0 Å². The van der Waals surface area contributed by atoms with Crippen molar-refractivity contribution in [2.75, 3.05) is 11.9 Å². The number of halogens is 1. The first-order valence-corrected chi connectivity index (χ1v) is 5.02. The van der Waals surface area contributed by atoms with Gasteiger partial charge in [0.15, 0.2) is 0 Å². The number of amides is 1. The third kappa shape index (κ3) is 2.23. The normalized spacial score (nSPS) is 9.64. The molecule has 0 radical (unpaired) electrons. The molecule has 0 aliphatic rings. The average molecular weight is 254 g/mol. The molecule has 1 amide bonds. The van der Waals surface area contributed by atoms with E-state index in [2.05, 4.69) is 22.5 Å². The zero-order valence-corrected chi connectivity index (χ0v) is 9.84. The van der Waals surface area contributed by atoms with E-state index in [-0.39, 0.29) is 5.91 Å². The van der Waals surface area contributed by atoms with Gasteiger partial charge in [0, 0.05) is 17.2 Å². The lowest BCUT2D eigenvalue weighted by molar-refractivity contribution is -0.113. The van der Waals surface area contributed by atoms with Crippen LogP contribution in [0.25, 0.3) is 0 Å². The van der Waals surface area contributed by atoms with Gasteiger partial charge in [-0.2, -0.15) is 0 Å². The van der Waals surface area contributed by atoms with E-state index in [0.717, 1.165) is 15.7 Å². The molecule has 1 aromatic carbocycles. The number of carbonyl (C=O) groups is 1. The van der Waals surface area contributed by atoms with E-state index in [9.17, 15) is 4.79 Å². The maximum atomic E-state index is 11.4. The van der Waals surface area contributed by atoms with Crippen LogP contribution in [0.1, 0.15) is 5.56 Å². The van der Waals surface area contributed by atoms with Crippen LogP contribution in [-0.4, -0.2) is 13.0 Å². The van der Waals surface area contributed by atoms with E-state index >= 15 is 0 Å². The summed E-state index contributed by atoms with van der Waals surface area (Å²) in [5.74, 6) is -0.105. The number of hydrogen-bond acceptors (Lipinski definition) is 1. The first-order chi connectivity index (χ1) is 6.56. The fourth-order valence-corrected chi connectivity index (χ4v) is 1.55. The second kappa shape index (κ2) is 4.42. The SMILES string of the molecule is C=CC(=O)N(C)c1cc(Br)ccc1C. The maximum Gasteiger partial charge on any atom is 0.250 e. The average Bonchev–Trinajstić information content (AvgIpc) is 2.19. The number of benzene rings is 1. The Morgan fingerprint density at radius 3 is 2.79 bits per heavy atom. The van der Waals surface area contributed by atoms with Crippen molar-refractivity contribution >= 4 is 27.5 Å². The van der Waals surface area contributed by atoms with Crippen LogP contribution in [0.2, 0.25) is 0 Å². The maximum absolute atomic E-state index is 11.4. The Hall–Kier alpha value is -1.09. The fourth-order valence-electron chi connectivity index (χ4n) is 1.20. The number of nitrogens with zero attached hydrogens (tertiary/aromatic N) is 1. The minimum absolute atomic E-state index is 0.105. The lowest BCUT2D eigenvalue weighted by Gasteiger charge is -2.17. The number of aryl methyl sites for hydroxylation is 1. The standard InChI is InChI=1S/C11H12BrNO/c1-4-11(14)13(3)10-7-9(12)6-5-8(10)2/h4-7H,1H2,2-3H3. The Bertz CT molecular complexity index is 374. The highest BCUT2D eigenvalue weighted by Gasteiger charge is 2.09. The van der Waals surface area contributed by atoms with Crippen LogP contribution in [0, 0.1) is 6.92 Å². The lowest BCUT2D eigenvalue weighted by Crippen LogP contribution is -2.24. The van der Waals surface area contributed by atoms with Crippen LogP contribution in [0.15, 0.2) is 35.3 Å². The summed E-state index contributed by atoms with van der Waals surface area (Å²) in [6.07, 6.45) is 1.31. The molecular formula is C11H12BrNO. The second-order valence-electron chi connectivity index (χ2n) is 3.03. The summed E-state index contributed by atoms with van der Waals surface area (Å²) in [6.45, 7) is 5.42. The largest absolute Gasteiger partial charge is 0.312 e. The summed E-state index contributed by atoms with van der Waals surface area (Å²) in [5, 5.41) is 0. The first kappa shape index (κ1) is 11.0. The van der Waals surface area contributed by atoms with Crippen molar-refractivity contribution in [2.45, 2.75) is 6.92 Å². The summed E-state index contributed by atoms with van der Waals surface area (Å²) in [6, 6.07) is 5.83. The molecule has 0 saturated heterocycles. The molecule has 0 N–H and O–H groups in total. The van der Waals surface area contributed by atoms with Gasteiger partial charge in [0.2, 0.25) is 5.91 Å². The molecule has 14 heavy (non-hydrogen) atoms. The van der Waals surface area contributed by atoms with Crippen LogP contribution < -0.4 is 4.90 Å². The predicted molar refractivity (Wildman–Crippen MR) is 62.5 cm³/mol. The Labute approximate surface area is 92.4 Å². The topological polar surface area (TPSA) is 20.3 Å². The van der Waals surface area contributed by atoms with Gasteiger partial charge in [-0.15, -0.1) is 0 Å². The van der Waals surface area contributed by atoms with Gasteiger partial charge < -0.3 is 4.90 Å². The van der Waals surface area contributed by atoms with Gasteiger partial charge in [-0.1, -0.05) is 28.6 Å².